The van der Waals surface area contributed by atoms with Crippen LogP contribution in [0.25, 0.3) is 0 Å². The van der Waals surface area contributed by atoms with Crippen molar-refractivity contribution in [3.05, 3.63) is 11.6 Å². The minimum Gasteiger partial charge on any atom is -0.354 e. The van der Waals surface area contributed by atoms with E-state index in [2.05, 4.69) is 44.4 Å². The maximum absolute atomic E-state index is 12.1. The molecule has 4 heteroatoms. The van der Waals surface area contributed by atoms with Crippen LogP contribution >= 0.6 is 0 Å². The number of amides is 2. The van der Waals surface area contributed by atoms with Gasteiger partial charge in [-0.1, -0.05) is 39.3 Å². The normalized spacial score (nSPS) is 23.1. The van der Waals surface area contributed by atoms with E-state index in [0.29, 0.717) is 19.0 Å². The highest BCUT2D eigenvalue weighted by molar-refractivity contribution is 5.83. The Bertz CT molecular complexity index is 407. The average Bonchev–Trinajstić information content (AvgIpc) is 2.84. The number of carbonyl (C=O) groups is 2. The minimum atomic E-state index is -0.0184. The van der Waals surface area contributed by atoms with Crippen LogP contribution in [-0.2, 0) is 9.59 Å². The van der Waals surface area contributed by atoms with E-state index in [0.717, 1.165) is 0 Å². The lowest BCUT2D eigenvalue weighted by Gasteiger charge is -2.09. The van der Waals surface area contributed by atoms with Crippen molar-refractivity contribution in [3.8, 4) is 0 Å². The van der Waals surface area contributed by atoms with Crippen LogP contribution in [0.5, 0.6) is 0 Å². The lowest BCUT2D eigenvalue weighted by Crippen LogP contribution is -2.37. The molecule has 2 unspecified atom stereocenters. The van der Waals surface area contributed by atoms with Gasteiger partial charge in [-0.05, 0) is 25.2 Å². The lowest BCUT2D eigenvalue weighted by atomic mass is 10.1. The Kier molecular flexibility index (Phi) is 5.37. The predicted octanol–water partition coefficient (Wildman–Crippen LogP) is 2.11. The summed E-state index contributed by atoms with van der Waals surface area (Å²) in [5.74, 6) is 0.482. The van der Waals surface area contributed by atoms with E-state index in [1.807, 2.05) is 13.8 Å². The van der Waals surface area contributed by atoms with Crippen molar-refractivity contribution in [1.82, 2.24) is 10.6 Å². The van der Waals surface area contributed by atoms with Gasteiger partial charge in [0, 0.05) is 19.0 Å². The zero-order valence-corrected chi connectivity index (χ0v) is 13.5. The highest BCUT2D eigenvalue weighted by Crippen LogP contribution is 2.59. The molecule has 0 aliphatic heterocycles. The van der Waals surface area contributed by atoms with Crippen LogP contribution in [-0.4, -0.2) is 24.9 Å². The second-order valence-corrected chi connectivity index (χ2v) is 6.81. The molecule has 114 valence electrons. The van der Waals surface area contributed by atoms with E-state index >= 15 is 0 Å². The van der Waals surface area contributed by atoms with Gasteiger partial charge in [-0.25, -0.2) is 0 Å². The monoisotopic (exact) mass is 280 g/mol. The highest BCUT2D eigenvalue weighted by Gasteiger charge is 2.60. The van der Waals surface area contributed by atoms with Gasteiger partial charge in [0.2, 0.25) is 11.8 Å². The fourth-order valence-electron chi connectivity index (χ4n) is 2.53. The van der Waals surface area contributed by atoms with Crippen LogP contribution in [0.4, 0.5) is 0 Å². The standard InChI is InChI=1S/C16H28N2O2/c1-10(2)9-12-13(16(12,5)6)15(20)18-8-7-17-14(19)11(3)4/h9,11-13H,7-8H2,1-6H3,(H,17,19)(H,18,20). The number of hydrogen-bond donors (Lipinski definition) is 2. The van der Waals surface area contributed by atoms with Gasteiger partial charge < -0.3 is 10.6 Å². The highest BCUT2D eigenvalue weighted by atomic mass is 16.2. The van der Waals surface area contributed by atoms with E-state index in [1.165, 1.54) is 5.57 Å². The Balaban J connectivity index is 2.34. The Labute approximate surface area is 122 Å². The molecule has 0 radical (unpaired) electrons. The quantitative estimate of drug-likeness (QED) is 0.578. The van der Waals surface area contributed by atoms with Crippen molar-refractivity contribution >= 4 is 11.8 Å². The number of nitrogens with one attached hydrogen (secondary N) is 2. The molecule has 1 saturated carbocycles. The first-order chi connectivity index (χ1) is 9.17. The summed E-state index contributed by atoms with van der Waals surface area (Å²) in [5, 5.41) is 5.71. The summed E-state index contributed by atoms with van der Waals surface area (Å²) >= 11 is 0. The Morgan fingerprint density at radius 3 is 2.20 bits per heavy atom. The van der Waals surface area contributed by atoms with Crippen molar-refractivity contribution < 1.29 is 9.59 Å². The van der Waals surface area contributed by atoms with E-state index in [9.17, 15) is 9.59 Å². The second-order valence-electron chi connectivity index (χ2n) is 6.81. The molecule has 1 rings (SSSR count). The molecule has 2 amide bonds. The van der Waals surface area contributed by atoms with Gasteiger partial charge in [-0.3, -0.25) is 9.59 Å². The first kappa shape index (κ1) is 16.7. The van der Waals surface area contributed by atoms with Gasteiger partial charge in [0.05, 0.1) is 5.92 Å². The summed E-state index contributed by atoms with van der Waals surface area (Å²) in [7, 11) is 0. The predicted molar refractivity (Wildman–Crippen MR) is 81.0 cm³/mol. The smallest absolute Gasteiger partial charge is 0.224 e. The summed E-state index contributed by atoms with van der Waals surface area (Å²) in [6.07, 6.45) is 2.19. The van der Waals surface area contributed by atoms with Gasteiger partial charge in [0.25, 0.3) is 0 Å². The number of hydrogen-bond acceptors (Lipinski definition) is 2. The van der Waals surface area contributed by atoms with Gasteiger partial charge in [0.1, 0.15) is 0 Å². The third kappa shape index (κ3) is 4.09. The summed E-state index contributed by atoms with van der Waals surface area (Å²) in [6, 6.07) is 0. The number of carbonyl (C=O) groups excluding carboxylic acids is 2. The SMILES string of the molecule is CC(C)=CC1C(C(=O)NCCNC(=O)C(C)C)C1(C)C. The lowest BCUT2D eigenvalue weighted by molar-refractivity contribution is -0.125. The van der Waals surface area contributed by atoms with Gasteiger partial charge in [-0.15, -0.1) is 0 Å². The maximum atomic E-state index is 12.1. The fraction of sp³-hybridized carbons (Fsp3) is 0.750. The molecular formula is C16H28N2O2. The zero-order chi connectivity index (χ0) is 15.5. The Morgan fingerprint density at radius 2 is 1.70 bits per heavy atom. The van der Waals surface area contributed by atoms with Crippen molar-refractivity contribution in [3.63, 3.8) is 0 Å². The molecule has 0 bridgehead atoms. The van der Waals surface area contributed by atoms with Crippen molar-refractivity contribution in [2.75, 3.05) is 13.1 Å². The largest absolute Gasteiger partial charge is 0.354 e. The number of rotatable bonds is 6. The van der Waals surface area contributed by atoms with E-state index in [-0.39, 0.29) is 29.1 Å². The molecule has 0 spiro atoms. The molecule has 2 atom stereocenters. The fourth-order valence-corrected chi connectivity index (χ4v) is 2.53. The summed E-state index contributed by atoms with van der Waals surface area (Å²) in [6.45, 7) is 13.1. The molecular weight excluding hydrogens is 252 g/mol. The molecule has 1 fully saturated rings. The third-order valence-electron chi connectivity index (χ3n) is 3.95. The molecule has 0 aromatic carbocycles. The molecule has 1 aliphatic carbocycles. The van der Waals surface area contributed by atoms with Crippen molar-refractivity contribution in [2.45, 2.75) is 41.5 Å². The minimum absolute atomic E-state index is 0.0184. The van der Waals surface area contributed by atoms with Gasteiger partial charge in [-0.2, -0.15) is 0 Å². The van der Waals surface area contributed by atoms with Gasteiger partial charge in [0.15, 0.2) is 0 Å². The molecule has 1 aliphatic rings. The summed E-state index contributed by atoms with van der Waals surface area (Å²) in [5.41, 5.74) is 1.30. The van der Waals surface area contributed by atoms with Crippen LogP contribution in [0.2, 0.25) is 0 Å². The number of allylic oxidation sites excluding steroid dienone is 2. The van der Waals surface area contributed by atoms with Crippen LogP contribution in [0.3, 0.4) is 0 Å². The van der Waals surface area contributed by atoms with Crippen LogP contribution < -0.4 is 10.6 Å². The first-order valence-corrected chi connectivity index (χ1v) is 7.38. The first-order valence-electron chi connectivity index (χ1n) is 7.38. The average molecular weight is 280 g/mol. The summed E-state index contributed by atoms with van der Waals surface area (Å²) in [4.78, 5) is 23.5. The molecule has 0 aromatic rings. The Hall–Kier alpha value is -1.32. The molecule has 0 heterocycles. The van der Waals surface area contributed by atoms with Gasteiger partial charge >= 0.3 is 0 Å². The Morgan fingerprint density at radius 1 is 1.15 bits per heavy atom. The topological polar surface area (TPSA) is 58.2 Å². The second kappa shape index (κ2) is 6.42. The van der Waals surface area contributed by atoms with Crippen LogP contribution in [0.15, 0.2) is 11.6 Å². The zero-order valence-electron chi connectivity index (χ0n) is 13.5. The molecule has 0 aromatic heterocycles. The summed E-state index contributed by atoms with van der Waals surface area (Å²) < 4.78 is 0. The van der Waals surface area contributed by atoms with E-state index in [1.54, 1.807) is 0 Å². The van der Waals surface area contributed by atoms with Crippen LogP contribution in [0.1, 0.15) is 41.5 Å². The molecule has 4 nitrogen and oxygen atoms in total. The van der Waals surface area contributed by atoms with Crippen molar-refractivity contribution in [1.29, 1.82) is 0 Å². The van der Waals surface area contributed by atoms with Crippen LogP contribution in [0, 0.1) is 23.2 Å². The third-order valence-corrected chi connectivity index (χ3v) is 3.95. The molecule has 2 N–H and O–H groups in total. The van der Waals surface area contributed by atoms with Crippen molar-refractivity contribution in [2.24, 2.45) is 23.2 Å². The molecule has 20 heavy (non-hydrogen) atoms. The van der Waals surface area contributed by atoms with E-state index < -0.39 is 0 Å². The van der Waals surface area contributed by atoms with E-state index in [4.69, 9.17) is 0 Å². The molecule has 0 saturated heterocycles. The maximum Gasteiger partial charge on any atom is 0.224 e.